The summed E-state index contributed by atoms with van der Waals surface area (Å²) in [5, 5.41) is 6.30. The number of hydrogen-bond donors (Lipinski definition) is 1. The number of sulfonamides is 1. The lowest BCUT2D eigenvalue weighted by Gasteiger charge is -2.18. The highest BCUT2D eigenvalue weighted by molar-refractivity contribution is 7.91. The van der Waals surface area contributed by atoms with Gasteiger partial charge in [0, 0.05) is 24.5 Å². The molecule has 0 aliphatic rings. The number of rotatable bonds is 7. The number of para-hydroxylation sites is 1. The average molecular weight is 398 g/mol. The van der Waals surface area contributed by atoms with E-state index >= 15 is 0 Å². The second-order valence-corrected chi connectivity index (χ2v) is 8.04. The number of benzene rings is 1. The summed E-state index contributed by atoms with van der Waals surface area (Å²) in [6.45, 7) is -0.181. The van der Waals surface area contributed by atoms with E-state index in [1.54, 1.807) is 20.2 Å². The first kappa shape index (κ1) is 19.9. The molecular formula is C16H18N2O6S2. The van der Waals surface area contributed by atoms with E-state index in [2.05, 4.69) is 0 Å². The van der Waals surface area contributed by atoms with Crippen LogP contribution in [0.2, 0.25) is 0 Å². The van der Waals surface area contributed by atoms with E-state index < -0.39 is 28.5 Å². The Bertz CT molecular complexity index is 907. The first-order valence-electron chi connectivity index (χ1n) is 7.36. The molecule has 1 amide bonds. The van der Waals surface area contributed by atoms with Crippen LogP contribution < -0.4 is 9.88 Å². The molecule has 0 saturated heterocycles. The number of carbonyl (C=O) groups is 2. The maximum absolute atomic E-state index is 12.1. The third kappa shape index (κ3) is 5.04. The Morgan fingerprint density at radius 2 is 1.96 bits per heavy atom. The number of primary sulfonamides is 1. The predicted molar refractivity (Wildman–Crippen MR) is 95.4 cm³/mol. The van der Waals surface area contributed by atoms with Crippen LogP contribution >= 0.6 is 11.3 Å². The Morgan fingerprint density at radius 1 is 1.27 bits per heavy atom. The summed E-state index contributed by atoms with van der Waals surface area (Å²) in [5.74, 6) is -0.556. The second kappa shape index (κ2) is 8.30. The van der Waals surface area contributed by atoms with Crippen molar-refractivity contribution in [3.05, 3.63) is 46.8 Å². The molecule has 0 spiro atoms. The Balaban J connectivity index is 1.93. The minimum Gasteiger partial charge on any atom is -0.496 e. The van der Waals surface area contributed by atoms with Gasteiger partial charge in [-0.3, -0.25) is 4.79 Å². The fourth-order valence-electron chi connectivity index (χ4n) is 2.07. The van der Waals surface area contributed by atoms with Crippen molar-refractivity contribution in [3.63, 3.8) is 0 Å². The van der Waals surface area contributed by atoms with Crippen molar-refractivity contribution >= 4 is 33.2 Å². The van der Waals surface area contributed by atoms with Crippen molar-refractivity contribution < 1.29 is 27.5 Å². The number of carbonyl (C=O) groups excluding carboxylic acids is 2. The molecule has 0 radical (unpaired) electrons. The molecule has 26 heavy (non-hydrogen) atoms. The van der Waals surface area contributed by atoms with Crippen LogP contribution in [0.4, 0.5) is 0 Å². The van der Waals surface area contributed by atoms with Gasteiger partial charge in [0.1, 0.15) is 9.96 Å². The second-order valence-electron chi connectivity index (χ2n) is 5.34. The molecule has 0 aliphatic carbocycles. The molecule has 0 bridgehead atoms. The lowest BCUT2D eigenvalue weighted by atomic mass is 10.2. The molecule has 0 unspecified atom stereocenters. The molecule has 1 aromatic carbocycles. The average Bonchev–Trinajstić information content (AvgIpc) is 3.10. The predicted octanol–water partition coefficient (Wildman–Crippen LogP) is 1.22. The van der Waals surface area contributed by atoms with Crippen molar-refractivity contribution in [2.24, 2.45) is 5.14 Å². The summed E-state index contributed by atoms with van der Waals surface area (Å²) >= 11 is 0.808. The first-order chi connectivity index (χ1) is 12.2. The van der Waals surface area contributed by atoms with Gasteiger partial charge in [0.2, 0.25) is 10.0 Å². The molecular weight excluding hydrogens is 380 g/mol. The summed E-state index contributed by atoms with van der Waals surface area (Å²) in [6, 6.07) is 8.38. The lowest BCUT2D eigenvalue weighted by molar-refractivity contribution is -0.133. The molecule has 2 N–H and O–H groups in total. The van der Waals surface area contributed by atoms with Gasteiger partial charge in [0.15, 0.2) is 6.61 Å². The molecule has 1 aromatic heterocycles. The summed E-state index contributed by atoms with van der Waals surface area (Å²) in [5.41, 5.74) is 0.840. The van der Waals surface area contributed by atoms with Gasteiger partial charge >= 0.3 is 5.97 Å². The van der Waals surface area contributed by atoms with E-state index in [0.29, 0.717) is 5.75 Å². The first-order valence-corrected chi connectivity index (χ1v) is 9.79. The maximum Gasteiger partial charge on any atom is 0.339 e. The highest BCUT2D eigenvalue weighted by Gasteiger charge is 2.18. The van der Waals surface area contributed by atoms with E-state index in [-0.39, 0.29) is 16.3 Å². The van der Waals surface area contributed by atoms with E-state index in [9.17, 15) is 18.0 Å². The Hall–Kier alpha value is -2.43. The molecule has 1 heterocycles. The van der Waals surface area contributed by atoms with E-state index in [1.165, 1.54) is 10.3 Å². The Kier molecular flexibility index (Phi) is 6.35. The number of esters is 1. The van der Waals surface area contributed by atoms with Crippen LogP contribution in [0.15, 0.2) is 39.9 Å². The van der Waals surface area contributed by atoms with Gasteiger partial charge in [-0.25, -0.2) is 18.4 Å². The largest absolute Gasteiger partial charge is 0.496 e. The van der Waals surface area contributed by atoms with Crippen LogP contribution in [0.3, 0.4) is 0 Å². The number of methoxy groups -OCH3 is 1. The number of nitrogens with zero attached hydrogens (tertiary/aromatic N) is 1. The molecule has 8 nitrogen and oxygen atoms in total. The van der Waals surface area contributed by atoms with Crippen molar-refractivity contribution in [3.8, 4) is 5.75 Å². The zero-order valence-corrected chi connectivity index (χ0v) is 15.8. The number of nitrogens with two attached hydrogens (primary N) is 1. The van der Waals surface area contributed by atoms with Crippen molar-refractivity contribution in [2.75, 3.05) is 20.8 Å². The van der Waals surface area contributed by atoms with Crippen LogP contribution in [0, 0.1) is 0 Å². The summed E-state index contributed by atoms with van der Waals surface area (Å²) in [4.78, 5) is 25.5. The smallest absolute Gasteiger partial charge is 0.339 e. The van der Waals surface area contributed by atoms with Crippen molar-refractivity contribution in [1.29, 1.82) is 0 Å². The minimum absolute atomic E-state index is 0.0270. The van der Waals surface area contributed by atoms with Gasteiger partial charge in [-0.2, -0.15) is 0 Å². The third-order valence-electron chi connectivity index (χ3n) is 3.44. The standard InChI is InChI=1S/C16H18N2O6S2/c1-18(8-11-5-3-4-6-13(11)23-2)14(19)9-24-16(20)12-7-15(25-10-12)26(17,21)22/h3-7,10H,8-9H2,1-2H3,(H2,17,21,22). The summed E-state index contributed by atoms with van der Waals surface area (Å²) < 4.78 is 32.5. The SMILES string of the molecule is COc1ccccc1CN(C)C(=O)COC(=O)c1csc(S(N)(=O)=O)c1. The number of hydrogen-bond acceptors (Lipinski definition) is 7. The molecule has 10 heteroatoms. The molecule has 0 aliphatic heterocycles. The third-order valence-corrected chi connectivity index (χ3v) is 5.83. The van der Waals surface area contributed by atoms with Gasteiger partial charge in [-0.05, 0) is 12.1 Å². The summed E-state index contributed by atoms with van der Waals surface area (Å²) in [6.07, 6.45) is 0. The van der Waals surface area contributed by atoms with Crippen molar-refractivity contribution in [1.82, 2.24) is 4.90 Å². The Labute approximate surface area is 155 Å². The summed E-state index contributed by atoms with van der Waals surface area (Å²) in [7, 11) is -0.761. The van der Waals surface area contributed by atoms with Crippen LogP contribution in [0.25, 0.3) is 0 Å². The molecule has 2 rings (SSSR count). The quantitative estimate of drug-likeness (QED) is 0.701. The number of amides is 1. The van der Waals surface area contributed by atoms with Gasteiger partial charge in [-0.1, -0.05) is 18.2 Å². The number of thiophene rings is 1. The maximum atomic E-state index is 12.1. The van der Waals surface area contributed by atoms with Crippen LogP contribution in [0.1, 0.15) is 15.9 Å². The zero-order chi connectivity index (χ0) is 19.3. The molecule has 2 aromatic rings. The van der Waals surface area contributed by atoms with E-state index in [1.807, 2.05) is 18.2 Å². The fraction of sp³-hybridized carbons (Fsp3) is 0.250. The van der Waals surface area contributed by atoms with Crippen molar-refractivity contribution in [2.45, 2.75) is 10.8 Å². The molecule has 140 valence electrons. The fourth-order valence-corrected chi connectivity index (χ4v) is 3.65. The zero-order valence-electron chi connectivity index (χ0n) is 14.2. The molecule has 0 atom stereocenters. The topological polar surface area (TPSA) is 116 Å². The van der Waals surface area contributed by atoms with Gasteiger partial charge in [0.25, 0.3) is 5.91 Å². The highest BCUT2D eigenvalue weighted by Crippen LogP contribution is 2.20. The van der Waals surface area contributed by atoms with Gasteiger partial charge < -0.3 is 14.4 Å². The molecule has 0 fully saturated rings. The normalized spacial score (nSPS) is 11.0. The van der Waals surface area contributed by atoms with E-state index in [4.69, 9.17) is 14.6 Å². The van der Waals surface area contributed by atoms with Gasteiger partial charge in [-0.15, -0.1) is 11.3 Å². The number of ether oxygens (including phenoxy) is 2. The monoisotopic (exact) mass is 398 g/mol. The highest BCUT2D eigenvalue weighted by atomic mass is 32.2. The van der Waals surface area contributed by atoms with Gasteiger partial charge in [0.05, 0.1) is 12.7 Å². The van der Waals surface area contributed by atoms with E-state index in [0.717, 1.165) is 23.0 Å². The van der Waals surface area contributed by atoms with Crippen LogP contribution in [-0.4, -0.2) is 46.0 Å². The number of likely N-dealkylation sites (N-methyl/N-ethyl adjacent to an activating group) is 1. The van der Waals surface area contributed by atoms with Crippen LogP contribution in [0.5, 0.6) is 5.75 Å². The lowest BCUT2D eigenvalue weighted by Crippen LogP contribution is -2.30. The minimum atomic E-state index is -3.88. The molecule has 0 saturated carbocycles. The van der Waals surface area contributed by atoms with Crippen LogP contribution in [-0.2, 0) is 26.1 Å². The Morgan fingerprint density at radius 3 is 2.58 bits per heavy atom.